The number of hydrogen-bond acceptors (Lipinski definition) is 2. The van der Waals surface area contributed by atoms with Crippen molar-refractivity contribution < 1.29 is 0 Å². The zero-order chi connectivity index (χ0) is 12.8. The quantitative estimate of drug-likeness (QED) is 0.867. The van der Waals surface area contributed by atoms with Gasteiger partial charge in [0.15, 0.2) is 0 Å². The monoisotopic (exact) mass is 263 g/mol. The number of thioether (sulfide) groups is 1. The molecule has 0 spiro atoms. The molecule has 1 fully saturated rings. The third-order valence-electron chi connectivity index (χ3n) is 3.88. The normalized spacial score (nSPS) is 25.4. The van der Waals surface area contributed by atoms with Gasteiger partial charge < -0.3 is 5.32 Å². The summed E-state index contributed by atoms with van der Waals surface area (Å²) < 4.78 is 0. The summed E-state index contributed by atoms with van der Waals surface area (Å²) in [6.07, 6.45) is 8.30. The second-order valence-electron chi connectivity index (χ2n) is 5.36. The molecular weight excluding hydrogens is 238 g/mol. The number of nitrogens with one attached hydrogen (secondary N) is 1. The number of rotatable bonds is 3. The Labute approximate surface area is 116 Å². The van der Waals surface area contributed by atoms with Crippen molar-refractivity contribution in [3.63, 3.8) is 0 Å². The van der Waals surface area contributed by atoms with Crippen LogP contribution >= 0.6 is 11.8 Å². The maximum Gasteiger partial charge on any atom is 0.0248 e. The molecule has 0 aromatic heterocycles. The van der Waals surface area contributed by atoms with Crippen molar-refractivity contribution >= 4 is 11.8 Å². The van der Waals surface area contributed by atoms with Crippen LogP contribution in [0.25, 0.3) is 0 Å². The Kier molecular flexibility index (Phi) is 5.58. The molecule has 2 heteroatoms. The lowest BCUT2D eigenvalue weighted by Crippen LogP contribution is -2.36. The van der Waals surface area contributed by atoms with Crippen LogP contribution in [-0.2, 0) is 0 Å². The van der Waals surface area contributed by atoms with Gasteiger partial charge in [-0.3, -0.25) is 0 Å². The molecule has 0 amide bonds. The van der Waals surface area contributed by atoms with E-state index >= 15 is 0 Å². The molecule has 1 aliphatic rings. The smallest absolute Gasteiger partial charge is 0.0248 e. The molecule has 1 saturated carbocycles. The van der Waals surface area contributed by atoms with E-state index in [-0.39, 0.29) is 0 Å². The molecule has 1 aliphatic carbocycles. The molecule has 0 heterocycles. The van der Waals surface area contributed by atoms with Crippen molar-refractivity contribution in [2.45, 2.75) is 61.6 Å². The molecule has 0 aliphatic heterocycles. The first-order valence-electron chi connectivity index (χ1n) is 7.20. The van der Waals surface area contributed by atoms with Crippen LogP contribution in [0.4, 0.5) is 0 Å². The van der Waals surface area contributed by atoms with E-state index in [2.05, 4.69) is 55.3 Å². The molecule has 2 unspecified atom stereocenters. The summed E-state index contributed by atoms with van der Waals surface area (Å²) in [6.45, 7) is 2.15. The Balaban J connectivity index is 2.00. The fourth-order valence-corrected chi connectivity index (χ4v) is 4.08. The number of benzene rings is 1. The number of aryl methyl sites for hydroxylation is 1. The topological polar surface area (TPSA) is 12.0 Å². The third kappa shape index (κ3) is 4.03. The van der Waals surface area contributed by atoms with Crippen molar-refractivity contribution in [2.24, 2.45) is 0 Å². The predicted molar refractivity (Wildman–Crippen MR) is 81.4 cm³/mol. The average molecular weight is 263 g/mol. The van der Waals surface area contributed by atoms with E-state index in [1.807, 2.05) is 0 Å². The summed E-state index contributed by atoms with van der Waals surface area (Å²) in [7, 11) is 2.12. The molecule has 100 valence electrons. The molecule has 1 N–H and O–H groups in total. The highest BCUT2D eigenvalue weighted by molar-refractivity contribution is 8.00. The largest absolute Gasteiger partial charge is 0.316 e. The summed E-state index contributed by atoms with van der Waals surface area (Å²) in [6, 6.07) is 9.66. The van der Waals surface area contributed by atoms with Crippen LogP contribution in [0, 0.1) is 6.92 Å². The molecule has 0 bridgehead atoms. The first-order valence-corrected chi connectivity index (χ1v) is 8.08. The first-order chi connectivity index (χ1) is 8.79. The van der Waals surface area contributed by atoms with Crippen LogP contribution in [0.15, 0.2) is 29.2 Å². The van der Waals surface area contributed by atoms with Gasteiger partial charge in [0.25, 0.3) is 0 Å². The van der Waals surface area contributed by atoms with Gasteiger partial charge in [0.2, 0.25) is 0 Å². The Morgan fingerprint density at radius 1 is 1.00 bits per heavy atom. The van der Waals surface area contributed by atoms with Crippen molar-refractivity contribution in [3.8, 4) is 0 Å². The highest BCUT2D eigenvalue weighted by atomic mass is 32.2. The van der Waals surface area contributed by atoms with Crippen molar-refractivity contribution in [2.75, 3.05) is 7.05 Å². The van der Waals surface area contributed by atoms with E-state index in [1.54, 1.807) is 0 Å². The molecule has 0 radical (unpaired) electrons. The molecule has 2 rings (SSSR count). The van der Waals surface area contributed by atoms with Crippen molar-refractivity contribution in [1.82, 2.24) is 5.32 Å². The Bertz CT molecular complexity index is 347. The van der Waals surface area contributed by atoms with Gasteiger partial charge in [0.05, 0.1) is 0 Å². The maximum atomic E-state index is 3.53. The standard InChI is InChI=1S/C16H25NS/c1-13-9-11-14(12-10-13)18-16-8-6-4-3-5-7-15(16)17-2/h9-12,15-17H,3-8H2,1-2H3. The van der Waals surface area contributed by atoms with Crippen LogP contribution in [0.1, 0.15) is 44.1 Å². The molecule has 18 heavy (non-hydrogen) atoms. The first kappa shape index (κ1) is 14.0. The molecular formula is C16H25NS. The van der Waals surface area contributed by atoms with Gasteiger partial charge in [0, 0.05) is 16.2 Å². The van der Waals surface area contributed by atoms with Crippen LogP contribution in [-0.4, -0.2) is 18.3 Å². The molecule has 1 aromatic carbocycles. The molecule has 1 aromatic rings. The van der Waals surface area contributed by atoms with Crippen LogP contribution in [0.3, 0.4) is 0 Å². The lowest BCUT2D eigenvalue weighted by Gasteiger charge is -2.28. The van der Waals surface area contributed by atoms with Crippen molar-refractivity contribution in [1.29, 1.82) is 0 Å². The van der Waals surface area contributed by atoms with Crippen LogP contribution in [0.5, 0.6) is 0 Å². The lowest BCUT2D eigenvalue weighted by molar-refractivity contribution is 0.420. The summed E-state index contributed by atoms with van der Waals surface area (Å²) in [4.78, 5) is 1.42. The SMILES string of the molecule is CNC1CCCCCCC1Sc1ccc(C)cc1. The Morgan fingerprint density at radius 2 is 1.67 bits per heavy atom. The van der Waals surface area contributed by atoms with Gasteiger partial charge in [-0.2, -0.15) is 0 Å². The van der Waals surface area contributed by atoms with E-state index in [0.29, 0.717) is 6.04 Å². The summed E-state index contributed by atoms with van der Waals surface area (Å²) in [5, 5.41) is 4.27. The van der Waals surface area contributed by atoms with E-state index in [9.17, 15) is 0 Å². The molecule has 0 saturated heterocycles. The Hall–Kier alpha value is -0.470. The van der Waals surface area contributed by atoms with E-state index in [1.165, 1.54) is 49.0 Å². The average Bonchev–Trinajstić information content (AvgIpc) is 2.36. The van der Waals surface area contributed by atoms with Crippen LogP contribution in [0.2, 0.25) is 0 Å². The van der Waals surface area contributed by atoms with Gasteiger partial charge in [-0.25, -0.2) is 0 Å². The minimum atomic E-state index is 0.677. The summed E-state index contributed by atoms with van der Waals surface area (Å²) in [5.41, 5.74) is 1.35. The van der Waals surface area contributed by atoms with Gasteiger partial charge in [-0.05, 0) is 38.9 Å². The van der Waals surface area contributed by atoms with Crippen molar-refractivity contribution in [3.05, 3.63) is 29.8 Å². The van der Waals surface area contributed by atoms with Gasteiger partial charge >= 0.3 is 0 Å². The fraction of sp³-hybridized carbons (Fsp3) is 0.625. The van der Waals surface area contributed by atoms with Gasteiger partial charge in [-0.15, -0.1) is 11.8 Å². The fourth-order valence-electron chi connectivity index (χ4n) is 2.71. The van der Waals surface area contributed by atoms with E-state index in [4.69, 9.17) is 0 Å². The Morgan fingerprint density at radius 3 is 2.33 bits per heavy atom. The predicted octanol–water partition coefficient (Wildman–Crippen LogP) is 4.40. The summed E-state index contributed by atoms with van der Waals surface area (Å²) in [5.74, 6) is 0. The third-order valence-corrected chi connectivity index (χ3v) is 5.29. The minimum Gasteiger partial charge on any atom is -0.316 e. The highest BCUT2D eigenvalue weighted by Gasteiger charge is 2.22. The lowest BCUT2D eigenvalue weighted by atomic mass is 9.96. The second-order valence-corrected chi connectivity index (χ2v) is 6.67. The van der Waals surface area contributed by atoms with Gasteiger partial charge in [0.1, 0.15) is 0 Å². The van der Waals surface area contributed by atoms with E-state index < -0.39 is 0 Å². The zero-order valence-electron chi connectivity index (χ0n) is 11.6. The zero-order valence-corrected chi connectivity index (χ0v) is 12.4. The highest BCUT2D eigenvalue weighted by Crippen LogP contribution is 2.32. The summed E-state index contributed by atoms with van der Waals surface area (Å²) >= 11 is 2.07. The molecule has 2 atom stereocenters. The number of hydrogen-bond donors (Lipinski definition) is 1. The molecule has 1 nitrogen and oxygen atoms in total. The minimum absolute atomic E-state index is 0.677. The maximum absolute atomic E-state index is 3.53. The van der Waals surface area contributed by atoms with E-state index in [0.717, 1.165) is 5.25 Å². The van der Waals surface area contributed by atoms with Crippen LogP contribution < -0.4 is 5.32 Å². The second kappa shape index (κ2) is 7.20. The van der Waals surface area contributed by atoms with Gasteiger partial charge in [-0.1, -0.05) is 43.4 Å².